The molecule has 2 aliphatic rings. The highest BCUT2D eigenvalue weighted by molar-refractivity contribution is 7.80. The van der Waals surface area contributed by atoms with Gasteiger partial charge in [-0.05, 0) is 43.3 Å². The number of benzene rings is 2. The molecule has 2 aromatic carbocycles. The number of nitrogens with zero attached hydrogens (tertiary/aromatic N) is 2. The fourth-order valence-electron chi connectivity index (χ4n) is 3.51. The number of hydrogen-bond acceptors (Lipinski definition) is 3. The third kappa shape index (κ3) is 4.16. The molecule has 1 aliphatic heterocycles. The number of likely N-dealkylation sites (N-methyl/N-ethyl adjacent to an activating group) is 1. The molecule has 1 amide bonds. The van der Waals surface area contributed by atoms with Gasteiger partial charge in [0.25, 0.3) is 5.91 Å². The first-order valence-electron chi connectivity index (χ1n) is 9.67. The largest absolute Gasteiger partial charge is 0.336 e. The van der Waals surface area contributed by atoms with E-state index in [-0.39, 0.29) is 16.8 Å². The Kier molecular flexibility index (Phi) is 5.72. The van der Waals surface area contributed by atoms with Crippen molar-refractivity contribution in [2.45, 2.75) is 19.0 Å². The predicted molar refractivity (Wildman–Crippen MR) is 121 cm³/mol. The molecule has 0 aromatic heterocycles. The molecule has 0 radical (unpaired) electrons. The molecule has 0 saturated heterocycles. The average Bonchev–Trinajstić information content (AvgIpc) is 2.85. The molecule has 1 aliphatic carbocycles. The zero-order valence-electron chi connectivity index (χ0n) is 16.4. The zero-order valence-corrected chi connectivity index (χ0v) is 17.2. The van der Waals surface area contributed by atoms with Crippen molar-refractivity contribution in [3.05, 3.63) is 89.4 Å². The van der Waals surface area contributed by atoms with E-state index in [1.165, 1.54) is 12.2 Å². The first-order chi connectivity index (χ1) is 14.5. The molecular weight excluding hydrogens is 399 g/mol. The lowest BCUT2D eigenvalue weighted by atomic mass is 10.0. The molecule has 0 fully saturated rings. The van der Waals surface area contributed by atoms with Crippen LogP contribution in [0.1, 0.15) is 24.0 Å². The van der Waals surface area contributed by atoms with Gasteiger partial charge in [0.15, 0.2) is 5.11 Å². The number of fused-ring (bicyclic) bond motifs is 1. The van der Waals surface area contributed by atoms with Crippen molar-refractivity contribution in [2.75, 3.05) is 11.9 Å². The van der Waals surface area contributed by atoms with Gasteiger partial charge in [-0.1, -0.05) is 48.5 Å². The summed E-state index contributed by atoms with van der Waals surface area (Å²) in [6.45, 7) is 0. The summed E-state index contributed by atoms with van der Waals surface area (Å²) >= 11 is 5.39. The zero-order chi connectivity index (χ0) is 21.1. The normalized spacial score (nSPS) is 18.5. The predicted octanol–water partition coefficient (Wildman–Crippen LogP) is 3.82. The van der Waals surface area contributed by atoms with E-state index in [4.69, 9.17) is 17.2 Å². The van der Waals surface area contributed by atoms with Gasteiger partial charge in [-0.2, -0.15) is 0 Å². The van der Waals surface area contributed by atoms with E-state index in [1.807, 2.05) is 54.6 Å². The summed E-state index contributed by atoms with van der Waals surface area (Å²) in [5, 5.41) is 6.21. The molecule has 5 nitrogen and oxygen atoms in total. The first-order valence-corrected chi connectivity index (χ1v) is 10.1. The van der Waals surface area contributed by atoms with Crippen LogP contribution in [-0.4, -0.2) is 29.9 Å². The van der Waals surface area contributed by atoms with Crippen LogP contribution in [0.15, 0.2) is 83.3 Å². The van der Waals surface area contributed by atoms with E-state index in [9.17, 15) is 9.18 Å². The van der Waals surface area contributed by atoms with Crippen molar-refractivity contribution in [1.82, 2.24) is 10.6 Å². The highest BCUT2D eigenvalue weighted by Crippen LogP contribution is 2.27. The number of allylic oxidation sites excluding steroid dienone is 4. The van der Waals surface area contributed by atoms with E-state index in [2.05, 4.69) is 10.6 Å². The Morgan fingerprint density at radius 1 is 1.17 bits per heavy atom. The van der Waals surface area contributed by atoms with Crippen LogP contribution in [0, 0.1) is 0 Å². The van der Waals surface area contributed by atoms with Crippen molar-refractivity contribution in [3.63, 3.8) is 0 Å². The number of rotatable bonds is 3. The van der Waals surface area contributed by atoms with Gasteiger partial charge in [-0.15, -0.1) is 0 Å². The van der Waals surface area contributed by atoms with Crippen molar-refractivity contribution in [2.24, 2.45) is 4.99 Å². The molecule has 1 heterocycles. The minimum atomic E-state index is -0.915. The highest BCUT2D eigenvalue weighted by Gasteiger charge is 2.30. The highest BCUT2D eigenvalue weighted by atomic mass is 32.1. The summed E-state index contributed by atoms with van der Waals surface area (Å²) in [6.07, 6.45) is 3.27. The van der Waals surface area contributed by atoms with Crippen LogP contribution in [0.25, 0.3) is 0 Å². The lowest BCUT2D eigenvalue weighted by molar-refractivity contribution is -0.119. The topological polar surface area (TPSA) is 56.7 Å². The number of aliphatic imine (C=N–C) groups is 1. The third-order valence-electron chi connectivity index (χ3n) is 5.00. The number of thiocarbonyl (C=S) groups is 1. The number of benzodiazepines with no additional fused rings is 1. The van der Waals surface area contributed by atoms with Crippen LogP contribution in [0.3, 0.4) is 0 Å². The molecular formula is C23H21FN4OS. The smallest absolute Gasteiger partial charge is 0.272 e. The van der Waals surface area contributed by atoms with E-state index in [0.29, 0.717) is 24.3 Å². The van der Waals surface area contributed by atoms with E-state index < -0.39 is 6.17 Å². The summed E-state index contributed by atoms with van der Waals surface area (Å²) in [5.74, 6) is -0.530. The molecule has 0 saturated carbocycles. The van der Waals surface area contributed by atoms with Crippen LogP contribution < -0.4 is 15.5 Å². The maximum absolute atomic E-state index is 13.5. The Labute approximate surface area is 180 Å². The van der Waals surface area contributed by atoms with Crippen molar-refractivity contribution < 1.29 is 9.18 Å². The lowest BCUT2D eigenvalue weighted by Gasteiger charge is -2.22. The molecule has 0 spiro atoms. The van der Waals surface area contributed by atoms with E-state index >= 15 is 0 Å². The number of amides is 1. The molecule has 152 valence electrons. The lowest BCUT2D eigenvalue weighted by Crippen LogP contribution is -2.49. The van der Waals surface area contributed by atoms with Gasteiger partial charge in [0.1, 0.15) is 5.83 Å². The maximum atomic E-state index is 13.5. The summed E-state index contributed by atoms with van der Waals surface area (Å²) in [6, 6.07) is 17.4. The number of carbonyl (C=O) groups is 1. The second kappa shape index (κ2) is 8.59. The minimum absolute atomic E-state index is 0.227. The average molecular weight is 421 g/mol. The van der Waals surface area contributed by atoms with E-state index in [1.54, 1.807) is 11.9 Å². The van der Waals surface area contributed by atoms with Gasteiger partial charge < -0.3 is 15.5 Å². The van der Waals surface area contributed by atoms with Gasteiger partial charge in [0.05, 0.1) is 11.4 Å². The van der Waals surface area contributed by atoms with Gasteiger partial charge in [-0.3, -0.25) is 4.79 Å². The third-order valence-corrected chi connectivity index (χ3v) is 5.22. The van der Waals surface area contributed by atoms with Crippen LogP contribution in [0.4, 0.5) is 10.1 Å². The summed E-state index contributed by atoms with van der Waals surface area (Å²) in [7, 11) is 1.72. The standard InChI is InChI=1S/C23H21FN4OS/c1-28-19-13-6-5-12-18(19)20(15-8-3-2-4-9-15)26-21(22(28)29)27-23(30)25-17-11-7-10-16(24)14-17/h2-6,8-10,12-14,21H,7,11H2,1H3,(H2,25,27,30). The molecule has 0 bridgehead atoms. The Bertz CT molecular complexity index is 1080. The van der Waals surface area contributed by atoms with Gasteiger partial charge >= 0.3 is 0 Å². The second-order valence-electron chi connectivity index (χ2n) is 7.06. The number of hydrogen-bond donors (Lipinski definition) is 2. The number of para-hydroxylation sites is 1. The number of nitrogens with one attached hydrogen (secondary N) is 2. The fourth-order valence-corrected chi connectivity index (χ4v) is 3.75. The molecule has 4 rings (SSSR count). The summed E-state index contributed by atoms with van der Waals surface area (Å²) in [4.78, 5) is 19.5. The number of anilines is 1. The first kappa shape index (κ1) is 20.0. The Balaban J connectivity index is 1.67. The second-order valence-corrected chi connectivity index (χ2v) is 7.46. The fraction of sp³-hybridized carbons (Fsp3) is 0.174. The van der Waals surface area contributed by atoms with Crippen LogP contribution in [-0.2, 0) is 4.79 Å². The van der Waals surface area contributed by atoms with Crippen molar-refractivity contribution in [3.8, 4) is 0 Å². The quantitative estimate of drug-likeness (QED) is 0.742. The minimum Gasteiger partial charge on any atom is -0.336 e. The van der Waals surface area contributed by atoms with Crippen LogP contribution in [0.5, 0.6) is 0 Å². The van der Waals surface area contributed by atoms with Gasteiger partial charge in [0.2, 0.25) is 6.17 Å². The van der Waals surface area contributed by atoms with Crippen molar-refractivity contribution in [1.29, 1.82) is 0 Å². The van der Waals surface area contributed by atoms with Crippen LogP contribution >= 0.6 is 12.2 Å². The molecule has 2 N–H and O–H groups in total. The Morgan fingerprint density at radius 2 is 1.90 bits per heavy atom. The SMILES string of the molecule is CN1C(=O)C(NC(=S)NC2=CC(F)=CCC2)N=C(c2ccccc2)c2ccccc21. The monoisotopic (exact) mass is 420 g/mol. The summed E-state index contributed by atoms with van der Waals surface area (Å²) < 4.78 is 13.5. The van der Waals surface area contributed by atoms with Crippen LogP contribution in [0.2, 0.25) is 0 Å². The number of carbonyl (C=O) groups excluding carboxylic acids is 1. The van der Waals surface area contributed by atoms with Gasteiger partial charge in [-0.25, -0.2) is 9.38 Å². The Hall–Kier alpha value is -3.32. The summed E-state index contributed by atoms with van der Waals surface area (Å²) in [5.41, 5.74) is 3.91. The molecule has 7 heteroatoms. The molecule has 1 atom stereocenters. The molecule has 30 heavy (non-hydrogen) atoms. The van der Waals surface area contributed by atoms with E-state index in [0.717, 1.165) is 16.8 Å². The van der Waals surface area contributed by atoms with Gasteiger partial charge in [0, 0.05) is 23.9 Å². The molecule has 2 aromatic rings. The maximum Gasteiger partial charge on any atom is 0.272 e. The number of halogens is 1. The molecule has 1 unspecified atom stereocenters. The Morgan fingerprint density at radius 3 is 2.67 bits per heavy atom. The van der Waals surface area contributed by atoms with Crippen molar-refractivity contribution >= 4 is 34.6 Å².